The SMILES string of the molecule is NC1CCC(S(=O)Cc2ccc(Cl)cc2)CC1. The molecule has 1 fully saturated rings. The van der Waals surface area contributed by atoms with Gasteiger partial charge in [0.25, 0.3) is 0 Å². The standard InChI is InChI=1S/C13H18ClNOS/c14-11-3-1-10(2-4-11)9-17(16)13-7-5-12(15)6-8-13/h1-4,12-13H,5-9,15H2. The largest absolute Gasteiger partial charge is 0.328 e. The van der Waals surface area contributed by atoms with Crippen LogP contribution in [0.3, 0.4) is 0 Å². The van der Waals surface area contributed by atoms with Crippen molar-refractivity contribution in [2.24, 2.45) is 5.73 Å². The van der Waals surface area contributed by atoms with Gasteiger partial charge < -0.3 is 5.73 Å². The van der Waals surface area contributed by atoms with E-state index < -0.39 is 10.8 Å². The third-order valence-corrected chi connectivity index (χ3v) is 5.40. The molecule has 1 aromatic carbocycles. The highest BCUT2D eigenvalue weighted by Crippen LogP contribution is 2.23. The number of benzene rings is 1. The van der Waals surface area contributed by atoms with Gasteiger partial charge in [-0.15, -0.1) is 0 Å². The molecule has 1 aliphatic rings. The van der Waals surface area contributed by atoms with Crippen LogP contribution in [0.25, 0.3) is 0 Å². The minimum absolute atomic E-state index is 0.318. The fourth-order valence-electron chi connectivity index (χ4n) is 2.21. The second kappa shape index (κ2) is 5.98. The first-order chi connectivity index (χ1) is 8.15. The number of rotatable bonds is 3. The summed E-state index contributed by atoms with van der Waals surface area (Å²) in [5.41, 5.74) is 6.95. The van der Waals surface area contributed by atoms with Crippen LogP contribution >= 0.6 is 11.6 Å². The summed E-state index contributed by atoms with van der Waals surface area (Å²) in [5, 5.41) is 1.05. The van der Waals surface area contributed by atoms with Crippen LogP contribution in [-0.4, -0.2) is 15.5 Å². The first-order valence-electron chi connectivity index (χ1n) is 6.02. The Balaban J connectivity index is 1.90. The fraction of sp³-hybridized carbons (Fsp3) is 0.538. The number of nitrogens with two attached hydrogens (primary N) is 1. The molecule has 1 unspecified atom stereocenters. The smallest absolute Gasteiger partial charge is 0.0488 e. The van der Waals surface area contributed by atoms with Gasteiger partial charge >= 0.3 is 0 Å². The molecule has 17 heavy (non-hydrogen) atoms. The van der Waals surface area contributed by atoms with Crippen molar-refractivity contribution >= 4 is 22.4 Å². The van der Waals surface area contributed by atoms with Crippen LogP contribution in [0.15, 0.2) is 24.3 Å². The predicted molar refractivity (Wildman–Crippen MR) is 73.5 cm³/mol. The number of hydrogen-bond donors (Lipinski definition) is 1. The monoisotopic (exact) mass is 271 g/mol. The van der Waals surface area contributed by atoms with Crippen LogP contribution in [0, 0.1) is 0 Å². The Morgan fingerprint density at radius 2 is 1.76 bits per heavy atom. The van der Waals surface area contributed by atoms with Gasteiger partial charge in [0.2, 0.25) is 0 Å². The van der Waals surface area contributed by atoms with Crippen LogP contribution in [0.1, 0.15) is 31.2 Å². The summed E-state index contributed by atoms with van der Waals surface area (Å²) in [6.45, 7) is 0. The molecule has 0 heterocycles. The first kappa shape index (κ1) is 13.1. The van der Waals surface area contributed by atoms with Gasteiger partial charge in [-0.05, 0) is 43.4 Å². The Morgan fingerprint density at radius 3 is 2.35 bits per heavy atom. The lowest BCUT2D eigenvalue weighted by molar-refractivity contribution is 0.444. The summed E-state index contributed by atoms with van der Waals surface area (Å²) in [6.07, 6.45) is 4.02. The molecule has 4 heteroatoms. The highest BCUT2D eigenvalue weighted by atomic mass is 35.5. The summed E-state index contributed by atoms with van der Waals surface area (Å²) in [7, 11) is -0.778. The molecule has 0 aromatic heterocycles. The maximum Gasteiger partial charge on any atom is 0.0488 e. The summed E-state index contributed by atoms with van der Waals surface area (Å²) >= 11 is 5.82. The molecule has 2 N–H and O–H groups in total. The van der Waals surface area contributed by atoms with Crippen LogP contribution in [0.2, 0.25) is 5.02 Å². The van der Waals surface area contributed by atoms with Crippen molar-refractivity contribution < 1.29 is 4.21 Å². The van der Waals surface area contributed by atoms with Crippen molar-refractivity contribution in [1.82, 2.24) is 0 Å². The fourth-order valence-corrected chi connectivity index (χ4v) is 3.89. The molecule has 0 saturated heterocycles. The predicted octanol–water partition coefficient (Wildman–Crippen LogP) is 2.86. The Kier molecular flexibility index (Phi) is 4.60. The minimum Gasteiger partial charge on any atom is -0.328 e. The molecular weight excluding hydrogens is 254 g/mol. The zero-order valence-corrected chi connectivity index (χ0v) is 11.3. The van der Waals surface area contributed by atoms with Gasteiger partial charge in [-0.1, -0.05) is 23.7 Å². The molecule has 2 rings (SSSR count). The molecule has 0 amide bonds. The molecule has 0 aliphatic heterocycles. The Bertz CT molecular complexity index is 385. The van der Waals surface area contributed by atoms with Gasteiger partial charge in [-0.25, -0.2) is 0 Å². The van der Waals surface area contributed by atoms with E-state index in [1.165, 1.54) is 0 Å². The lowest BCUT2D eigenvalue weighted by atomic mass is 9.96. The van der Waals surface area contributed by atoms with E-state index in [4.69, 9.17) is 17.3 Å². The molecule has 2 nitrogen and oxygen atoms in total. The third kappa shape index (κ3) is 3.80. The minimum atomic E-state index is -0.778. The quantitative estimate of drug-likeness (QED) is 0.919. The Morgan fingerprint density at radius 1 is 1.18 bits per heavy atom. The van der Waals surface area contributed by atoms with Gasteiger partial charge in [0.1, 0.15) is 0 Å². The van der Waals surface area contributed by atoms with E-state index in [1.54, 1.807) is 0 Å². The Labute approximate surface area is 110 Å². The molecule has 0 bridgehead atoms. The number of hydrogen-bond acceptors (Lipinski definition) is 2. The summed E-state index contributed by atoms with van der Waals surface area (Å²) in [4.78, 5) is 0. The van der Waals surface area contributed by atoms with Crippen molar-refractivity contribution in [1.29, 1.82) is 0 Å². The van der Waals surface area contributed by atoms with Crippen molar-refractivity contribution in [2.45, 2.75) is 42.7 Å². The van der Waals surface area contributed by atoms with E-state index in [-0.39, 0.29) is 0 Å². The lowest BCUT2D eigenvalue weighted by Gasteiger charge is -2.25. The molecule has 0 spiro atoms. The van der Waals surface area contributed by atoms with Gasteiger partial charge in [-0.3, -0.25) is 4.21 Å². The normalized spacial score (nSPS) is 26.7. The molecule has 1 atom stereocenters. The van der Waals surface area contributed by atoms with Gasteiger partial charge in [-0.2, -0.15) is 0 Å². The van der Waals surface area contributed by atoms with Gasteiger partial charge in [0.05, 0.1) is 0 Å². The zero-order valence-electron chi connectivity index (χ0n) is 9.77. The molecule has 1 saturated carbocycles. The summed E-state index contributed by atoms with van der Waals surface area (Å²) < 4.78 is 12.2. The van der Waals surface area contributed by atoms with Crippen molar-refractivity contribution in [3.05, 3.63) is 34.9 Å². The summed E-state index contributed by atoms with van der Waals surface area (Å²) in [6, 6.07) is 7.93. The van der Waals surface area contributed by atoms with E-state index in [1.807, 2.05) is 24.3 Å². The van der Waals surface area contributed by atoms with Crippen LogP contribution in [0.5, 0.6) is 0 Å². The second-order valence-electron chi connectivity index (χ2n) is 4.69. The summed E-state index contributed by atoms with van der Waals surface area (Å²) in [5.74, 6) is 0.636. The molecule has 1 aromatic rings. The van der Waals surface area contributed by atoms with E-state index >= 15 is 0 Å². The van der Waals surface area contributed by atoms with Crippen molar-refractivity contribution in [3.63, 3.8) is 0 Å². The highest BCUT2D eigenvalue weighted by Gasteiger charge is 2.23. The van der Waals surface area contributed by atoms with Gasteiger partial charge in [0, 0.05) is 32.9 Å². The van der Waals surface area contributed by atoms with Gasteiger partial charge in [0.15, 0.2) is 0 Å². The van der Waals surface area contributed by atoms with Crippen molar-refractivity contribution in [3.8, 4) is 0 Å². The number of halogens is 1. The first-order valence-corrected chi connectivity index (χ1v) is 7.78. The third-order valence-electron chi connectivity index (χ3n) is 3.31. The van der Waals surface area contributed by atoms with Crippen molar-refractivity contribution in [2.75, 3.05) is 0 Å². The molecule has 94 valence electrons. The maximum absolute atomic E-state index is 12.2. The Hall–Kier alpha value is -0.380. The lowest BCUT2D eigenvalue weighted by Crippen LogP contribution is -2.31. The van der Waals surface area contributed by atoms with Crippen LogP contribution in [0.4, 0.5) is 0 Å². The average molecular weight is 272 g/mol. The van der Waals surface area contributed by atoms with E-state index in [2.05, 4.69) is 0 Å². The zero-order chi connectivity index (χ0) is 12.3. The molecular formula is C13H18ClNOS. The maximum atomic E-state index is 12.2. The van der Waals surface area contributed by atoms with E-state index in [0.717, 1.165) is 36.3 Å². The molecule has 1 aliphatic carbocycles. The van der Waals surface area contributed by atoms with E-state index in [9.17, 15) is 4.21 Å². The van der Waals surface area contributed by atoms with Crippen LogP contribution < -0.4 is 5.73 Å². The average Bonchev–Trinajstić information content (AvgIpc) is 2.33. The topological polar surface area (TPSA) is 43.1 Å². The van der Waals surface area contributed by atoms with Crippen LogP contribution in [-0.2, 0) is 16.6 Å². The highest BCUT2D eigenvalue weighted by molar-refractivity contribution is 7.84. The second-order valence-corrected chi connectivity index (χ2v) is 6.84. The van der Waals surface area contributed by atoms with E-state index in [0.29, 0.717) is 17.0 Å². The molecule has 0 radical (unpaired) electrons.